The van der Waals surface area contributed by atoms with Crippen molar-refractivity contribution in [2.24, 2.45) is 5.73 Å². The normalized spacial score (nSPS) is 19.7. The minimum Gasteiger partial charge on any atom is -0.462 e. The van der Waals surface area contributed by atoms with Gasteiger partial charge in [-0.05, 0) is 19.1 Å². The van der Waals surface area contributed by atoms with Crippen LogP contribution < -0.4 is 10.6 Å². The van der Waals surface area contributed by atoms with Gasteiger partial charge in [-0.1, -0.05) is 36.4 Å². The second kappa shape index (κ2) is 7.28. The number of anilines is 1. The van der Waals surface area contributed by atoms with E-state index in [0.29, 0.717) is 16.8 Å². The van der Waals surface area contributed by atoms with Crippen LogP contribution in [0.3, 0.4) is 0 Å². The maximum atomic E-state index is 13.9. The molecule has 3 heterocycles. The molecule has 0 saturated carbocycles. The highest BCUT2D eigenvalue weighted by Gasteiger charge is 2.62. The first-order chi connectivity index (χ1) is 16.0. The Morgan fingerprint density at radius 2 is 1.97 bits per heavy atom. The van der Waals surface area contributed by atoms with E-state index >= 15 is 0 Å². The molecule has 0 saturated heterocycles. The Morgan fingerprint density at radius 3 is 2.73 bits per heavy atom. The molecule has 0 unspecified atom stereocenters. The van der Waals surface area contributed by atoms with E-state index in [1.54, 1.807) is 44.4 Å². The summed E-state index contributed by atoms with van der Waals surface area (Å²) in [5.74, 6) is -1.43. The van der Waals surface area contributed by atoms with E-state index in [1.807, 2.05) is 24.3 Å². The van der Waals surface area contributed by atoms with Crippen molar-refractivity contribution in [1.82, 2.24) is 4.98 Å². The number of para-hydroxylation sites is 2. The lowest BCUT2D eigenvalue weighted by molar-refractivity contribution is -0.140. The quantitative estimate of drug-likeness (QED) is 0.604. The zero-order valence-corrected chi connectivity index (χ0v) is 18.0. The number of esters is 1. The Morgan fingerprint density at radius 1 is 1.24 bits per heavy atom. The third-order valence-corrected chi connectivity index (χ3v) is 6.16. The number of rotatable bonds is 3. The van der Waals surface area contributed by atoms with Crippen LogP contribution in [0.25, 0.3) is 16.7 Å². The second-order valence-electron chi connectivity index (χ2n) is 7.76. The largest absolute Gasteiger partial charge is 0.462 e. The maximum absolute atomic E-state index is 13.9. The molecule has 0 fully saturated rings. The number of nitriles is 1. The molecule has 0 radical (unpaired) electrons. The van der Waals surface area contributed by atoms with Crippen LogP contribution in [-0.2, 0) is 24.5 Å². The van der Waals surface area contributed by atoms with Gasteiger partial charge in [0.25, 0.3) is 0 Å². The van der Waals surface area contributed by atoms with Crippen molar-refractivity contribution in [3.63, 3.8) is 0 Å². The van der Waals surface area contributed by atoms with E-state index in [-0.39, 0.29) is 29.4 Å². The fraction of sp³-hybridized carbons (Fsp3) is 0.160. The highest BCUT2D eigenvalue weighted by atomic mass is 16.5. The highest BCUT2D eigenvalue weighted by Crippen LogP contribution is 2.55. The summed E-state index contributed by atoms with van der Waals surface area (Å²) in [6.07, 6.45) is 1.70. The van der Waals surface area contributed by atoms with E-state index in [1.165, 1.54) is 4.90 Å². The number of benzene rings is 2. The maximum Gasteiger partial charge on any atom is 0.341 e. The Kier molecular flexibility index (Phi) is 4.50. The van der Waals surface area contributed by atoms with Crippen LogP contribution in [0.4, 0.5) is 5.69 Å². The number of ether oxygens (including phenoxy) is 2. The van der Waals surface area contributed by atoms with Gasteiger partial charge in [-0.2, -0.15) is 5.26 Å². The molecule has 2 aromatic carbocycles. The minimum atomic E-state index is -1.79. The molecule has 0 bridgehead atoms. The predicted molar refractivity (Wildman–Crippen MR) is 121 cm³/mol. The molecule has 1 amide bonds. The van der Waals surface area contributed by atoms with Crippen LogP contribution in [-0.4, -0.2) is 30.5 Å². The molecule has 1 atom stereocenters. The lowest BCUT2D eigenvalue weighted by Gasteiger charge is -2.35. The molecule has 3 N–H and O–H groups in total. The number of H-pyrrole nitrogens is 1. The van der Waals surface area contributed by atoms with Gasteiger partial charge in [0.15, 0.2) is 11.2 Å². The van der Waals surface area contributed by atoms with Crippen LogP contribution in [0.5, 0.6) is 0 Å². The summed E-state index contributed by atoms with van der Waals surface area (Å²) in [6, 6.07) is 16.7. The van der Waals surface area contributed by atoms with Crippen molar-refractivity contribution >= 4 is 34.2 Å². The number of aromatic nitrogens is 1. The Bertz CT molecular complexity index is 1440. The van der Waals surface area contributed by atoms with Crippen molar-refractivity contribution < 1.29 is 19.1 Å². The van der Waals surface area contributed by atoms with Gasteiger partial charge in [0.1, 0.15) is 11.6 Å². The number of aromatic amines is 1. The molecular weight excluding hydrogens is 420 g/mol. The standard InChI is InChI=1S/C25H20N4O4/c1-3-32-23(30)20-22(27)33-21(15-13-28-18-10-6-4-8-14(15)18)17(12-26)25(20)16-9-5-7-11-19(16)29(2)24(25)31/h4-11,13,28H,3,27H2,1-2H3/t25-/m1/s1. The van der Waals surface area contributed by atoms with E-state index in [2.05, 4.69) is 11.1 Å². The van der Waals surface area contributed by atoms with E-state index in [9.17, 15) is 14.9 Å². The summed E-state index contributed by atoms with van der Waals surface area (Å²) in [7, 11) is 1.60. The number of fused-ring (bicyclic) bond motifs is 3. The Balaban J connectivity index is 1.90. The third-order valence-electron chi connectivity index (χ3n) is 6.16. The number of amides is 1. The van der Waals surface area contributed by atoms with Crippen LogP contribution in [0.2, 0.25) is 0 Å². The first-order valence-electron chi connectivity index (χ1n) is 10.4. The number of nitrogens with zero attached hydrogens (tertiary/aromatic N) is 2. The van der Waals surface area contributed by atoms with Gasteiger partial charge in [0, 0.05) is 41.0 Å². The molecule has 8 heteroatoms. The molecule has 3 aromatic rings. The smallest absolute Gasteiger partial charge is 0.341 e. The number of carbonyl (C=O) groups is 2. The van der Waals surface area contributed by atoms with Crippen molar-refractivity contribution in [2.75, 3.05) is 18.6 Å². The molecule has 0 aliphatic carbocycles. The van der Waals surface area contributed by atoms with Gasteiger partial charge in [-0.15, -0.1) is 0 Å². The molecule has 8 nitrogen and oxygen atoms in total. The van der Waals surface area contributed by atoms with Crippen molar-refractivity contribution in [3.8, 4) is 6.07 Å². The predicted octanol–water partition coefficient (Wildman–Crippen LogP) is 3.08. The molecule has 1 aromatic heterocycles. The average Bonchev–Trinajstić information content (AvgIpc) is 3.34. The van der Waals surface area contributed by atoms with Gasteiger partial charge in [0.05, 0.1) is 12.2 Å². The lowest BCUT2D eigenvalue weighted by Crippen LogP contribution is -2.47. The molecule has 33 heavy (non-hydrogen) atoms. The summed E-state index contributed by atoms with van der Waals surface area (Å²) in [6.45, 7) is 1.72. The molecule has 164 valence electrons. The number of hydrogen-bond acceptors (Lipinski definition) is 6. The fourth-order valence-corrected chi connectivity index (χ4v) is 4.78. The third kappa shape index (κ3) is 2.56. The van der Waals surface area contributed by atoms with Gasteiger partial charge >= 0.3 is 5.97 Å². The molecule has 2 aliphatic heterocycles. The Hall–Kier alpha value is -4.51. The van der Waals surface area contributed by atoms with Crippen molar-refractivity contribution in [2.45, 2.75) is 12.3 Å². The van der Waals surface area contributed by atoms with Gasteiger partial charge < -0.3 is 25.1 Å². The van der Waals surface area contributed by atoms with Crippen LogP contribution in [0.15, 0.2) is 71.8 Å². The monoisotopic (exact) mass is 440 g/mol. The lowest BCUT2D eigenvalue weighted by atomic mass is 9.67. The summed E-state index contributed by atoms with van der Waals surface area (Å²) < 4.78 is 11.2. The van der Waals surface area contributed by atoms with Crippen molar-refractivity contribution in [3.05, 3.63) is 82.9 Å². The number of likely N-dealkylation sites (N-methyl/N-ethyl adjacent to an activating group) is 1. The van der Waals surface area contributed by atoms with Gasteiger partial charge in [-0.25, -0.2) is 4.79 Å². The zero-order chi connectivity index (χ0) is 23.3. The van der Waals surface area contributed by atoms with Gasteiger partial charge in [-0.3, -0.25) is 4.79 Å². The minimum absolute atomic E-state index is 0.0219. The first-order valence-corrected chi connectivity index (χ1v) is 10.4. The zero-order valence-electron chi connectivity index (χ0n) is 18.0. The number of hydrogen-bond donors (Lipinski definition) is 2. The molecule has 1 spiro atoms. The van der Waals surface area contributed by atoms with Crippen LogP contribution in [0.1, 0.15) is 18.1 Å². The second-order valence-corrected chi connectivity index (χ2v) is 7.76. The van der Waals surface area contributed by atoms with Crippen molar-refractivity contribution in [1.29, 1.82) is 5.26 Å². The van der Waals surface area contributed by atoms with Gasteiger partial charge in [0.2, 0.25) is 11.8 Å². The summed E-state index contributed by atoms with van der Waals surface area (Å²) in [5, 5.41) is 11.2. The number of nitrogens with one attached hydrogen (secondary N) is 1. The van der Waals surface area contributed by atoms with E-state index in [0.717, 1.165) is 10.9 Å². The Labute approximate surface area is 189 Å². The van der Waals surface area contributed by atoms with E-state index in [4.69, 9.17) is 15.2 Å². The number of carbonyl (C=O) groups excluding carboxylic acids is 2. The summed E-state index contributed by atoms with van der Waals surface area (Å²) in [5.41, 5.74) is 6.75. The molecular formula is C25H20N4O4. The van der Waals surface area contributed by atoms with Crippen LogP contribution in [0, 0.1) is 11.3 Å². The SMILES string of the molecule is CCOC(=O)C1=C(N)OC(c2c[nH]c3ccccc23)=C(C#N)[C@@]12C(=O)N(C)c1ccccc12. The first kappa shape index (κ1) is 20.4. The topological polar surface area (TPSA) is 121 Å². The fourth-order valence-electron chi connectivity index (χ4n) is 4.78. The average molecular weight is 440 g/mol. The summed E-state index contributed by atoms with van der Waals surface area (Å²) >= 11 is 0. The molecule has 2 aliphatic rings. The number of nitrogens with two attached hydrogens (primary N) is 1. The van der Waals surface area contributed by atoms with E-state index < -0.39 is 17.3 Å². The highest BCUT2D eigenvalue weighted by molar-refractivity contribution is 6.19. The van der Waals surface area contributed by atoms with Crippen LogP contribution >= 0.6 is 0 Å². The summed E-state index contributed by atoms with van der Waals surface area (Å²) in [4.78, 5) is 31.7. The molecule has 5 rings (SSSR count).